The second kappa shape index (κ2) is 6.10. The van der Waals surface area contributed by atoms with E-state index in [1.807, 2.05) is 0 Å². The third-order valence-electron chi connectivity index (χ3n) is 3.15. The van der Waals surface area contributed by atoms with Gasteiger partial charge in [-0.25, -0.2) is 0 Å². The van der Waals surface area contributed by atoms with Gasteiger partial charge in [0.15, 0.2) is 5.78 Å². The van der Waals surface area contributed by atoms with Crippen LogP contribution in [-0.4, -0.2) is 12.3 Å². The van der Waals surface area contributed by atoms with Crippen molar-refractivity contribution < 1.29 is 18.0 Å². The summed E-state index contributed by atoms with van der Waals surface area (Å²) in [5, 5.41) is 0. The molecule has 0 fully saturated rings. The van der Waals surface area contributed by atoms with Gasteiger partial charge in [-0.15, -0.1) is 0 Å². The van der Waals surface area contributed by atoms with Gasteiger partial charge in [-0.3, -0.25) is 4.79 Å². The Labute approximate surface area is 120 Å². The fourth-order valence-electron chi connectivity index (χ4n) is 2.08. The van der Waals surface area contributed by atoms with Crippen LogP contribution in [-0.2, 0) is 12.6 Å². The van der Waals surface area contributed by atoms with Gasteiger partial charge in [-0.1, -0.05) is 36.4 Å². The van der Waals surface area contributed by atoms with Crippen LogP contribution in [0.15, 0.2) is 48.5 Å². The summed E-state index contributed by atoms with van der Waals surface area (Å²) in [5.41, 5.74) is 6.23. The van der Waals surface area contributed by atoms with Crippen molar-refractivity contribution >= 4 is 5.78 Å². The van der Waals surface area contributed by atoms with Gasteiger partial charge in [0, 0.05) is 11.1 Å². The molecule has 110 valence electrons. The standard InChI is InChI=1S/C16H14F3NO/c17-16(18,19)13-7-5-12(6-8-13)15(21)14-4-2-1-3-11(14)9-10-20/h1-8H,9-10,20H2. The number of hydrogen-bond acceptors (Lipinski definition) is 2. The summed E-state index contributed by atoms with van der Waals surface area (Å²) >= 11 is 0. The minimum atomic E-state index is -4.40. The van der Waals surface area contributed by atoms with E-state index in [1.165, 1.54) is 12.1 Å². The van der Waals surface area contributed by atoms with Crippen LogP contribution < -0.4 is 5.73 Å². The molecule has 0 atom stereocenters. The van der Waals surface area contributed by atoms with E-state index in [4.69, 9.17) is 5.73 Å². The monoisotopic (exact) mass is 293 g/mol. The third kappa shape index (κ3) is 3.49. The van der Waals surface area contributed by atoms with Crippen molar-refractivity contribution in [1.82, 2.24) is 0 Å². The zero-order valence-corrected chi connectivity index (χ0v) is 11.2. The highest BCUT2D eigenvalue weighted by Crippen LogP contribution is 2.29. The maximum atomic E-state index is 12.5. The van der Waals surface area contributed by atoms with Crippen molar-refractivity contribution in [3.63, 3.8) is 0 Å². The van der Waals surface area contributed by atoms with Gasteiger partial charge in [0.25, 0.3) is 0 Å². The normalized spacial score (nSPS) is 11.4. The molecule has 0 amide bonds. The van der Waals surface area contributed by atoms with Gasteiger partial charge in [0.2, 0.25) is 0 Å². The Morgan fingerprint density at radius 2 is 1.62 bits per heavy atom. The molecule has 0 aliphatic rings. The van der Waals surface area contributed by atoms with Gasteiger partial charge in [0.05, 0.1) is 5.56 Å². The van der Waals surface area contributed by atoms with E-state index in [2.05, 4.69) is 0 Å². The largest absolute Gasteiger partial charge is 0.416 e. The number of benzene rings is 2. The predicted octanol–water partition coefficient (Wildman–Crippen LogP) is 3.44. The van der Waals surface area contributed by atoms with Crippen molar-refractivity contribution in [3.05, 3.63) is 70.8 Å². The molecule has 5 heteroatoms. The summed E-state index contributed by atoms with van der Waals surface area (Å²) in [7, 11) is 0. The summed E-state index contributed by atoms with van der Waals surface area (Å²) in [4.78, 5) is 12.4. The second-order valence-electron chi connectivity index (χ2n) is 4.60. The van der Waals surface area contributed by atoms with Gasteiger partial charge >= 0.3 is 6.18 Å². The molecule has 0 aromatic heterocycles. The summed E-state index contributed by atoms with van der Waals surface area (Å²) in [6.45, 7) is 0.400. The van der Waals surface area contributed by atoms with E-state index in [1.54, 1.807) is 24.3 Å². The van der Waals surface area contributed by atoms with Crippen molar-refractivity contribution in [2.75, 3.05) is 6.54 Å². The zero-order valence-electron chi connectivity index (χ0n) is 11.2. The maximum Gasteiger partial charge on any atom is 0.416 e. The molecule has 21 heavy (non-hydrogen) atoms. The number of nitrogens with two attached hydrogens (primary N) is 1. The number of halogens is 3. The Kier molecular flexibility index (Phi) is 4.43. The first kappa shape index (κ1) is 15.3. The molecule has 0 saturated carbocycles. The van der Waals surface area contributed by atoms with Crippen LogP contribution in [0.2, 0.25) is 0 Å². The average Bonchev–Trinajstić information content (AvgIpc) is 2.47. The first-order valence-electron chi connectivity index (χ1n) is 6.43. The molecule has 2 nitrogen and oxygen atoms in total. The van der Waals surface area contributed by atoms with Crippen LogP contribution >= 0.6 is 0 Å². The van der Waals surface area contributed by atoms with Crippen LogP contribution in [0.25, 0.3) is 0 Å². The molecule has 2 aromatic rings. The van der Waals surface area contributed by atoms with Crippen LogP contribution in [0.1, 0.15) is 27.0 Å². The lowest BCUT2D eigenvalue weighted by Crippen LogP contribution is -2.10. The fraction of sp³-hybridized carbons (Fsp3) is 0.188. The maximum absolute atomic E-state index is 12.5. The van der Waals surface area contributed by atoms with E-state index in [-0.39, 0.29) is 11.3 Å². The highest BCUT2D eigenvalue weighted by Gasteiger charge is 2.30. The van der Waals surface area contributed by atoms with Crippen LogP contribution in [0, 0.1) is 0 Å². The third-order valence-corrected chi connectivity index (χ3v) is 3.15. The minimum Gasteiger partial charge on any atom is -0.330 e. The van der Waals surface area contributed by atoms with Crippen LogP contribution in [0.3, 0.4) is 0 Å². The van der Waals surface area contributed by atoms with Crippen molar-refractivity contribution in [3.8, 4) is 0 Å². The van der Waals surface area contributed by atoms with Gasteiger partial charge in [-0.2, -0.15) is 13.2 Å². The Morgan fingerprint density at radius 3 is 2.19 bits per heavy atom. The number of carbonyl (C=O) groups excluding carboxylic acids is 1. The Balaban J connectivity index is 2.32. The molecule has 0 saturated heterocycles. The minimum absolute atomic E-state index is 0.229. The molecule has 2 aromatic carbocycles. The lowest BCUT2D eigenvalue weighted by atomic mass is 9.96. The molecule has 2 rings (SSSR count). The van der Waals surface area contributed by atoms with Crippen molar-refractivity contribution in [1.29, 1.82) is 0 Å². The number of hydrogen-bond donors (Lipinski definition) is 1. The van der Waals surface area contributed by atoms with E-state index in [9.17, 15) is 18.0 Å². The fourth-order valence-corrected chi connectivity index (χ4v) is 2.08. The number of carbonyl (C=O) groups is 1. The predicted molar refractivity (Wildman–Crippen MR) is 74.1 cm³/mol. The Bertz CT molecular complexity index is 633. The highest BCUT2D eigenvalue weighted by atomic mass is 19.4. The van der Waals surface area contributed by atoms with E-state index < -0.39 is 11.7 Å². The molecule has 2 N–H and O–H groups in total. The summed E-state index contributed by atoms with van der Waals surface area (Å²) in [5.74, 6) is -0.298. The SMILES string of the molecule is NCCc1ccccc1C(=O)c1ccc(C(F)(F)F)cc1. The summed E-state index contributed by atoms with van der Waals surface area (Å²) in [6.07, 6.45) is -3.86. The summed E-state index contributed by atoms with van der Waals surface area (Å²) < 4.78 is 37.5. The van der Waals surface area contributed by atoms with E-state index in [0.29, 0.717) is 18.5 Å². The Hall–Kier alpha value is -2.14. The van der Waals surface area contributed by atoms with Crippen LogP contribution in [0.4, 0.5) is 13.2 Å². The van der Waals surface area contributed by atoms with Gasteiger partial charge in [0.1, 0.15) is 0 Å². The number of rotatable bonds is 4. The van der Waals surface area contributed by atoms with E-state index >= 15 is 0 Å². The second-order valence-corrected chi connectivity index (χ2v) is 4.60. The molecule has 0 unspecified atom stereocenters. The average molecular weight is 293 g/mol. The van der Waals surface area contributed by atoms with E-state index in [0.717, 1.165) is 17.7 Å². The lowest BCUT2D eigenvalue weighted by molar-refractivity contribution is -0.137. The smallest absolute Gasteiger partial charge is 0.330 e. The highest BCUT2D eigenvalue weighted by molar-refractivity contribution is 6.09. The number of alkyl halides is 3. The molecule has 0 heterocycles. The van der Waals surface area contributed by atoms with Gasteiger partial charge < -0.3 is 5.73 Å². The molecular weight excluding hydrogens is 279 g/mol. The first-order chi connectivity index (χ1) is 9.93. The quantitative estimate of drug-likeness (QED) is 0.878. The number of ketones is 1. The molecule has 0 aliphatic carbocycles. The molecule has 0 spiro atoms. The first-order valence-corrected chi connectivity index (χ1v) is 6.43. The van der Waals surface area contributed by atoms with Crippen LogP contribution in [0.5, 0.6) is 0 Å². The zero-order chi connectivity index (χ0) is 15.5. The topological polar surface area (TPSA) is 43.1 Å². The van der Waals surface area contributed by atoms with Crippen molar-refractivity contribution in [2.45, 2.75) is 12.6 Å². The molecule has 0 bridgehead atoms. The lowest BCUT2D eigenvalue weighted by Gasteiger charge is -2.09. The molecule has 0 radical (unpaired) electrons. The molecule has 0 aliphatic heterocycles. The van der Waals surface area contributed by atoms with Crippen molar-refractivity contribution in [2.24, 2.45) is 5.73 Å². The molecular formula is C16H14F3NO. The Morgan fingerprint density at radius 1 is 1.00 bits per heavy atom. The van der Waals surface area contributed by atoms with Gasteiger partial charge in [-0.05, 0) is 30.7 Å². The summed E-state index contributed by atoms with van der Waals surface area (Å²) in [6, 6.07) is 11.2.